The first-order valence-corrected chi connectivity index (χ1v) is 7.68. The summed E-state index contributed by atoms with van der Waals surface area (Å²) in [5, 5.41) is 4.66. The average molecular weight is 347 g/mol. The smallest absolute Gasteiger partial charge is 0.123 e. The molecule has 0 aliphatic carbocycles. The maximum absolute atomic E-state index is 12.9. The number of nitrogens with one attached hydrogen (secondary N) is 1. The number of hydrogen-bond acceptors (Lipinski definition) is 1. The minimum Gasteiger partial charge on any atom is -0.304 e. The highest BCUT2D eigenvalue weighted by atomic mass is 35.5. The van der Waals surface area contributed by atoms with Gasteiger partial charge in [-0.05, 0) is 43.2 Å². The van der Waals surface area contributed by atoms with E-state index in [1.54, 1.807) is 18.2 Å². The van der Waals surface area contributed by atoms with Crippen LogP contribution in [0, 0.1) is 5.82 Å². The van der Waals surface area contributed by atoms with Gasteiger partial charge in [-0.2, -0.15) is 0 Å². The first-order chi connectivity index (χ1) is 9.90. The average Bonchev–Trinajstić information content (AvgIpc) is 2.45. The van der Waals surface area contributed by atoms with Crippen LogP contribution in [0.1, 0.15) is 37.1 Å². The second-order valence-corrected chi connectivity index (χ2v) is 6.09. The van der Waals surface area contributed by atoms with E-state index in [1.165, 1.54) is 12.1 Å². The van der Waals surface area contributed by atoms with Crippen LogP contribution in [0.2, 0.25) is 15.1 Å². The van der Waals surface area contributed by atoms with Gasteiger partial charge in [-0.3, -0.25) is 0 Å². The third-order valence-electron chi connectivity index (χ3n) is 3.40. The monoisotopic (exact) mass is 345 g/mol. The fourth-order valence-corrected chi connectivity index (χ4v) is 2.89. The van der Waals surface area contributed by atoms with Gasteiger partial charge in [0, 0.05) is 12.1 Å². The van der Waals surface area contributed by atoms with Crippen molar-refractivity contribution in [3.05, 3.63) is 68.4 Å². The van der Waals surface area contributed by atoms with Gasteiger partial charge in [0.15, 0.2) is 0 Å². The van der Waals surface area contributed by atoms with Crippen LogP contribution in [0.15, 0.2) is 36.4 Å². The SMILES string of the molecule is CC(N[C@H](C)c1ccc(F)cc1)c1ccc(Cl)c(Cl)c1Cl. The van der Waals surface area contributed by atoms with Crippen LogP contribution >= 0.6 is 34.8 Å². The largest absolute Gasteiger partial charge is 0.304 e. The van der Waals surface area contributed by atoms with E-state index in [-0.39, 0.29) is 17.9 Å². The predicted octanol–water partition coefficient (Wildman–Crippen LogP) is 6.20. The molecule has 2 aromatic rings. The molecule has 5 heteroatoms. The molecule has 0 aromatic heterocycles. The van der Waals surface area contributed by atoms with Crippen LogP contribution in [-0.2, 0) is 0 Å². The molecule has 21 heavy (non-hydrogen) atoms. The van der Waals surface area contributed by atoms with Crippen LogP contribution in [0.5, 0.6) is 0 Å². The molecule has 2 rings (SSSR count). The van der Waals surface area contributed by atoms with Gasteiger partial charge in [-0.1, -0.05) is 53.0 Å². The summed E-state index contributed by atoms with van der Waals surface area (Å²) in [6, 6.07) is 10.0. The fraction of sp³-hybridized carbons (Fsp3) is 0.250. The number of rotatable bonds is 4. The molecule has 112 valence electrons. The molecule has 2 atom stereocenters. The summed E-state index contributed by atoms with van der Waals surface area (Å²) < 4.78 is 12.9. The minimum atomic E-state index is -0.244. The zero-order valence-corrected chi connectivity index (χ0v) is 13.9. The highest BCUT2D eigenvalue weighted by Gasteiger charge is 2.16. The summed E-state index contributed by atoms with van der Waals surface area (Å²) in [4.78, 5) is 0. The number of halogens is 4. The zero-order chi connectivity index (χ0) is 15.6. The predicted molar refractivity (Wildman–Crippen MR) is 87.8 cm³/mol. The number of benzene rings is 2. The molecule has 0 bridgehead atoms. The van der Waals surface area contributed by atoms with Gasteiger partial charge in [0.1, 0.15) is 5.82 Å². The van der Waals surface area contributed by atoms with Crippen molar-refractivity contribution in [2.45, 2.75) is 25.9 Å². The van der Waals surface area contributed by atoms with Crippen LogP contribution in [0.25, 0.3) is 0 Å². The second-order valence-electron chi connectivity index (χ2n) is 4.93. The van der Waals surface area contributed by atoms with Crippen LogP contribution < -0.4 is 5.32 Å². The van der Waals surface area contributed by atoms with Crippen LogP contribution in [0.4, 0.5) is 4.39 Å². The van der Waals surface area contributed by atoms with Crippen molar-refractivity contribution in [1.29, 1.82) is 0 Å². The lowest BCUT2D eigenvalue weighted by Crippen LogP contribution is -2.22. The van der Waals surface area contributed by atoms with Crippen molar-refractivity contribution in [3.8, 4) is 0 Å². The van der Waals surface area contributed by atoms with Gasteiger partial charge < -0.3 is 5.32 Å². The van der Waals surface area contributed by atoms with Gasteiger partial charge >= 0.3 is 0 Å². The Morgan fingerprint density at radius 2 is 1.48 bits per heavy atom. The summed E-state index contributed by atoms with van der Waals surface area (Å²) in [5.41, 5.74) is 1.87. The van der Waals surface area contributed by atoms with Gasteiger partial charge in [0.2, 0.25) is 0 Å². The summed E-state index contributed by atoms with van der Waals surface area (Å²) in [7, 11) is 0. The lowest BCUT2D eigenvalue weighted by atomic mass is 10.0. The Hall–Kier alpha value is -0.800. The van der Waals surface area contributed by atoms with E-state index < -0.39 is 0 Å². The summed E-state index contributed by atoms with van der Waals surface area (Å²) in [6.07, 6.45) is 0. The van der Waals surface area contributed by atoms with E-state index in [4.69, 9.17) is 34.8 Å². The Kier molecular flexibility index (Phi) is 5.50. The third-order valence-corrected chi connectivity index (χ3v) is 4.71. The van der Waals surface area contributed by atoms with E-state index in [0.717, 1.165) is 11.1 Å². The summed E-state index contributed by atoms with van der Waals surface area (Å²) >= 11 is 18.2. The fourth-order valence-electron chi connectivity index (χ4n) is 2.19. The molecule has 0 heterocycles. The standard InChI is InChI=1S/C16H15Cl3FN/c1-9(11-3-5-12(20)6-4-11)21-10(2)13-7-8-14(17)16(19)15(13)18/h3-10,21H,1-2H3/t9-,10?/m1/s1. The molecule has 1 unspecified atom stereocenters. The molecule has 0 radical (unpaired) electrons. The molecule has 0 aliphatic heterocycles. The lowest BCUT2D eigenvalue weighted by Gasteiger charge is -2.22. The molecule has 0 saturated carbocycles. The third kappa shape index (κ3) is 3.89. The van der Waals surface area contributed by atoms with Gasteiger partial charge in [-0.15, -0.1) is 0 Å². The zero-order valence-electron chi connectivity index (χ0n) is 11.6. The summed E-state index contributed by atoms with van der Waals surface area (Å²) in [5.74, 6) is -0.244. The normalized spacial score (nSPS) is 14.0. The van der Waals surface area contributed by atoms with Crippen molar-refractivity contribution >= 4 is 34.8 Å². The topological polar surface area (TPSA) is 12.0 Å². The first-order valence-electron chi connectivity index (χ1n) is 6.55. The highest BCUT2D eigenvalue weighted by molar-refractivity contribution is 6.48. The summed E-state index contributed by atoms with van der Waals surface area (Å²) in [6.45, 7) is 4.00. The second kappa shape index (κ2) is 6.97. The highest BCUT2D eigenvalue weighted by Crippen LogP contribution is 2.36. The minimum absolute atomic E-state index is 0.0210. The van der Waals surface area contributed by atoms with Gasteiger partial charge in [0.25, 0.3) is 0 Å². The van der Waals surface area contributed by atoms with E-state index in [1.807, 2.05) is 19.9 Å². The van der Waals surface area contributed by atoms with Crippen molar-refractivity contribution < 1.29 is 4.39 Å². The Balaban J connectivity index is 2.16. The molecule has 1 N–H and O–H groups in total. The Morgan fingerprint density at radius 3 is 2.10 bits per heavy atom. The molecule has 1 nitrogen and oxygen atoms in total. The van der Waals surface area contributed by atoms with Crippen molar-refractivity contribution in [3.63, 3.8) is 0 Å². The molecule has 0 saturated heterocycles. The lowest BCUT2D eigenvalue weighted by molar-refractivity contribution is 0.494. The molecule has 0 spiro atoms. The maximum atomic E-state index is 12.9. The molecule has 0 amide bonds. The van der Waals surface area contributed by atoms with E-state index in [2.05, 4.69) is 5.32 Å². The Labute approximate surface area is 139 Å². The van der Waals surface area contributed by atoms with Gasteiger partial charge in [0.05, 0.1) is 15.1 Å². The van der Waals surface area contributed by atoms with Crippen LogP contribution in [-0.4, -0.2) is 0 Å². The van der Waals surface area contributed by atoms with Crippen molar-refractivity contribution in [2.24, 2.45) is 0 Å². The Morgan fingerprint density at radius 1 is 0.857 bits per heavy atom. The first kappa shape index (κ1) is 16.6. The molecule has 2 aromatic carbocycles. The maximum Gasteiger partial charge on any atom is 0.123 e. The van der Waals surface area contributed by atoms with Crippen LogP contribution in [0.3, 0.4) is 0 Å². The van der Waals surface area contributed by atoms with Crippen molar-refractivity contribution in [1.82, 2.24) is 5.32 Å². The van der Waals surface area contributed by atoms with E-state index in [9.17, 15) is 4.39 Å². The molecular weight excluding hydrogens is 332 g/mol. The Bertz CT molecular complexity index is 628. The number of hydrogen-bond donors (Lipinski definition) is 1. The van der Waals surface area contributed by atoms with E-state index in [0.29, 0.717) is 15.1 Å². The van der Waals surface area contributed by atoms with E-state index >= 15 is 0 Å². The van der Waals surface area contributed by atoms with Gasteiger partial charge in [-0.25, -0.2) is 4.39 Å². The quantitative estimate of drug-likeness (QED) is 0.650. The molecular formula is C16H15Cl3FN. The van der Waals surface area contributed by atoms with Crippen molar-refractivity contribution in [2.75, 3.05) is 0 Å². The molecule has 0 aliphatic rings. The molecule has 0 fully saturated rings.